The van der Waals surface area contributed by atoms with E-state index in [0.717, 1.165) is 17.2 Å². The van der Waals surface area contributed by atoms with Crippen molar-refractivity contribution >= 4 is 5.82 Å². The summed E-state index contributed by atoms with van der Waals surface area (Å²) in [5.41, 5.74) is 9.09. The van der Waals surface area contributed by atoms with Crippen molar-refractivity contribution in [2.45, 2.75) is 25.7 Å². The lowest BCUT2D eigenvalue weighted by molar-refractivity contribution is 1.11. The molecule has 86 valence electrons. The lowest BCUT2D eigenvalue weighted by Gasteiger charge is -2.04. The normalized spacial score (nSPS) is 14.9. The van der Waals surface area contributed by atoms with Gasteiger partial charge in [-0.2, -0.15) is 0 Å². The average molecular weight is 225 g/mol. The molecule has 0 unspecified atom stereocenters. The van der Waals surface area contributed by atoms with Gasteiger partial charge < -0.3 is 5.73 Å². The van der Waals surface area contributed by atoms with E-state index >= 15 is 0 Å². The van der Waals surface area contributed by atoms with Crippen molar-refractivity contribution in [3.63, 3.8) is 0 Å². The average Bonchev–Trinajstić information content (AvgIpc) is 3.12. The van der Waals surface area contributed by atoms with Gasteiger partial charge in [-0.15, -0.1) is 0 Å². The van der Waals surface area contributed by atoms with Gasteiger partial charge in [-0.1, -0.05) is 24.3 Å². The molecule has 0 amide bonds. The van der Waals surface area contributed by atoms with Crippen LogP contribution in [-0.2, 0) is 0 Å². The number of aryl methyl sites for hydroxylation is 1. The topological polar surface area (TPSA) is 51.8 Å². The van der Waals surface area contributed by atoms with Crippen LogP contribution in [0.2, 0.25) is 0 Å². The van der Waals surface area contributed by atoms with E-state index in [1.807, 2.05) is 6.92 Å². The van der Waals surface area contributed by atoms with Crippen LogP contribution in [-0.4, -0.2) is 9.97 Å². The zero-order valence-corrected chi connectivity index (χ0v) is 9.85. The van der Waals surface area contributed by atoms with Crippen LogP contribution in [0.3, 0.4) is 0 Å². The lowest BCUT2D eigenvalue weighted by Crippen LogP contribution is -1.97. The third-order valence-electron chi connectivity index (χ3n) is 3.09. The largest absolute Gasteiger partial charge is 0.384 e. The summed E-state index contributed by atoms with van der Waals surface area (Å²) in [7, 11) is 0. The number of anilines is 1. The summed E-state index contributed by atoms with van der Waals surface area (Å²) in [5.74, 6) is 2.02. The Hall–Kier alpha value is -1.90. The fourth-order valence-corrected chi connectivity index (χ4v) is 2.04. The van der Waals surface area contributed by atoms with Gasteiger partial charge in [0.2, 0.25) is 0 Å². The number of benzene rings is 1. The van der Waals surface area contributed by atoms with Gasteiger partial charge in [0.05, 0.1) is 0 Å². The number of nitrogen functional groups attached to an aromatic ring is 1. The number of nitrogens with zero attached hydrogens (tertiary/aromatic N) is 2. The van der Waals surface area contributed by atoms with E-state index < -0.39 is 0 Å². The molecule has 1 aromatic heterocycles. The van der Waals surface area contributed by atoms with Gasteiger partial charge in [-0.25, -0.2) is 9.97 Å². The van der Waals surface area contributed by atoms with Gasteiger partial charge >= 0.3 is 0 Å². The van der Waals surface area contributed by atoms with Crippen LogP contribution < -0.4 is 5.73 Å². The van der Waals surface area contributed by atoms with Crippen LogP contribution in [0.1, 0.15) is 30.0 Å². The Morgan fingerprint density at radius 3 is 2.41 bits per heavy atom. The first-order valence-electron chi connectivity index (χ1n) is 5.94. The van der Waals surface area contributed by atoms with Gasteiger partial charge in [0.15, 0.2) is 5.82 Å². The summed E-state index contributed by atoms with van der Waals surface area (Å²) < 4.78 is 0. The van der Waals surface area contributed by atoms with Crippen molar-refractivity contribution < 1.29 is 0 Å². The maximum atomic E-state index is 5.73. The first kappa shape index (κ1) is 10.3. The minimum Gasteiger partial charge on any atom is -0.384 e. The summed E-state index contributed by atoms with van der Waals surface area (Å²) in [5, 5.41) is 0. The van der Waals surface area contributed by atoms with Crippen molar-refractivity contribution in [3.05, 3.63) is 41.6 Å². The zero-order valence-electron chi connectivity index (χ0n) is 9.85. The highest BCUT2D eigenvalue weighted by atomic mass is 14.9. The van der Waals surface area contributed by atoms with E-state index in [2.05, 4.69) is 34.2 Å². The first-order chi connectivity index (χ1) is 8.22. The molecular weight excluding hydrogens is 210 g/mol. The molecule has 3 nitrogen and oxygen atoms in total. The molecular formula is C14H15N3. The Morgan fingerprint density at radius 1 is 1.12 bits per heavy atom. The molecule has 1 saturated carbocycles. The predicted octanol–water partition coefficient (Wildman–Crippen LogP) is 2.91. The molecule has 0 bridgehead atoms. The summed E-state index contributed by atoms with van der Waals surface area (Å²) in [6, 6.07) is 10.3. The molecule has 0 spiro atoms. The number of nitrogens with two attached hydrogens (primary N) is 1. The van der Waals surface area contributed by atoms with E-state index in [9.17, 15) is 0 Å². The maximum Gasteiger partial charge on any atom is 0.161 e. The second-order valence-corrected chi connectivity index (χ2v) is 4.65. The summed E-state index contributed by atoms with van der Waals surface area (Å²) >= 11 is 0. The van der Waals surface area contributed by atoms with E-state index in [4.69, 9.17) is 5.73 Å². The molecule has 0 aliphatic heterocycles. The molecule has 3 rings (SSSR count). The van der Waals surface area contributed by atoms with E-state index in [1.54, 1.807) is 6.07 Å². The first-order valence-corrected chi connectivity index (χ1v) is 5.94. The summed E-state index contributed by atoms with van der Waals surface area (Å²) in [6.45, 7) is 1.93. The maximum absolute atomic E-state index is 5.73. The van der Waals surface area contributed by atoms with Crippen molar-refractivity contribution in [2.24, 2.45) is 0 Å². The highest BCUT2D eigenvalue weighted by Crippen LogP contribution is 2.40. The van der Waals surface area contributed by atoms with Crippen molar-refractivity contribution in [2.75, 3.05) is 5.73 Å². The van der Waals surface area contributed by atoms with Crippen LogP contribution in [0.15, 0.2) is 30.3 Å². The van der Waals surface area contributed by atoms with Crippen molar-refractivity contribution in [1.82, 2.24) is 9.97 Å². The fourth-order valence-electron chi connectivity index (χ4n) is 2.04. The predicted molar refractivity (Wildman–Crippen MR) is 68.6 cm³/mol. The van der Waals surface area contributed by atoms with Crippen LogP contribution in [0.4, 0.5) is 5.82 Å². The van der Waals surface area contributed by atoms with Crippen molar-refractivity contribution in [1.29, 1.82) is 0 Å². The third kappa shape index (κ3) is 2.13. The molecule has 1 aliphatic rings. The third-order valence-corrected chi connectivity index (χ3v) is 3.09. The Morgan fingerprint density at radius 2 is 1.82 bits per heavy atom. The Kier molecular flexibility index (Phi) is 2.32. The van der Waals surface area contributed by atoms with Gasteiger partial charge in [0.1, 0.15) is 5.82 Å². The molecule has 1 heterocycles. The highest BCUT2D eigenvalue weighted by molar-refractivity contribution is 5.57. The Labute approximate surface area is 101 Å². The molecule has 2 aromatic rings. The highest BCUT2D eigenvalue weighted by Gasteiger charge is 2.23. The van der Waals surface area contributed by atoms with Gasteiger partial charge in [0, 0.05) is 17.3 Å². The molecule has 17 heavy (non-hydrogen) atoms. The molecule has 1 aliphatic carbocycles. The summed E-state index contributed by atoms with van der Waals surface area (Å²) in [4.78, 5) is 8.66. The minimum absolute atomic E-state index is 0.527. The van der Waals surface area contributed by atoms with E-state index in [1.165, 1.54) is 18.4 Å². The van der Waals surface area contributed by atoms with Crippen molar-refractivity contribution in [3.8, 4) is 11.4 Å². The van der Waals surface area contributed by atoms with E-state index in [-0.39, 0.29) is 0 Å². The number of aromatic nitrogens is 2. The molecule has 3 heteroatoms. The van der Waals surface area contributed by atoms with Gasteiger partial charge in [-0.05, 0) is 31.2 Å². The standard InChI is InChI=1S/C14H15N3/c1-9-8-13(15)17-14(16-9)12-6-4-11(5-7-12)10-2-3-10/h4-8,10H,2-3H2,1H3,(H2,15,16,17). The van der Waals surface area contributed by atoms with Gasteiger partial charge in [-0.3, -0.25) is 0 Å². The number of rotatable bonds is 2. The van der Waals surface area contributed by atoms with Crippen LogP contribution in [0.25, 0.3) is 11.4 Å². The quantitative estimate of drug-likeness (QED) is 0.855. The summed E-state index contributed by atoms with van der Waals surface area (Å²) in [6.07, 6.45) is 2.65. The molecule has 0 saturated heterocycles. The Bertz CT molecular complexity index is 522. The van der Waals surface area contributed by atoms with Crippen LogP contribution >= 0.6 is 0 Å². The number of hydrogen-bond donors (Lipinski definition) is 1. The monoisotopic (exact) mass is 225 g/mol. The van der Waals surface area contributed by atoms with E-state index in [0.29, 0.717) is 11.6 Å². The lowest BCUT2D eigenvalue weighted by atomic mass is 10.1. The van der Waals surface area contributed by atoms with Crippen LogP contribution in [0.5, 0.6) is 0 Å². The zero-order chi connectivity index (χ0) is 11.8. The van der Waals surface area contributed by atoms with Crippen LogP contribution in [0, 0.1) is 6.92 Å². The molecule has 2 N–H and O–H groups in total. The molecule has 0 atom stereocenters. The second-order valence-electron chi connectivity index (χ2n) is 4.65. The Balaban J connectivity index is 1.96. The second kappa shape index (κ2) is 3.84. The SMILES string of the molecule is Cc1cc(N)nc(-c2ccc(C3CC3)cc2)n1. The minimum atomic E-state index is 0.527. The smallest absolute Gasteiger partial charge is 0.161 e. The van der Waals surface area contributed by atoms with Gasteiger partial charge in [0.25, 0.3) is 0 Å². The molecule has 1 aromatic carbocycles. The molecule has 0 radical (unpaired) electrons. The fraction of sp³-hybridized carbons (Fsp3) is 0.286. The molecule has 1 fully saturated rings. The number of hydrogen-bond acceptors (Lipinski definition) is 3.